The zero-order valence-corrected chi connectivity index (χ0v) is 13.5. The van der Waals surface area contributed by atoms with Gasteiger partial charge in [-0.05, 0) is 35.3 Å². The van der Waals surface area contributed by atoms with Crippen molar-refractivity contribution in [2.45, 2.75) is 53.1 Å². The molecule has 0 spiro atoms. The molecule has 1 aromatic rings. The molecule has 21 heavy (non-hydrogen) atoms. The van der Waals surface area contributed by atoms with Crippen molar-refractivity contribution >= 4 is 11.6 Å². The molecule has 1 aromatic carbocycles. The van der Waals surface area contributed by atoms with E-state index in [1.165, 1.54) is 0 Å². The van der Waals surface area contributed by atoms with Crippen LogP contribution in [-0.4, -0.2) is 16.8 Å². The summed E-state index contributed by atoms with van der Waals surface area (Å²) in [4.78, 5) is 15.1. The number of hydrogen-bond donors (Lipinski definition) is 1. The molecule has 0 radical (unpaired) electrons. The Morgan fingerprint density at radius 2 is 1.76 bits per heavy atom. The van der Waals surface area contributed by atoms with Gasteiger partial charge < -0.3 is 10.6 Å². The van der Waals surface area contributed by atoms with Gasteiger partial charge in [0.2, 0.25) is 5.91 Å². The Kier molecular flexibility index (Phi) is 3.09. The van der Waals surface area contributed by atoms with E-state index in [1.54, 1.807) is 0 Å². The molecular weight excluding hydrogens is 260 g/mol. The van der Waals surface area contributed by atoms with Gasteiger partial charge in [0, 0.05) is 24.2 Å². The van der Waals surface area contributed by atoms with Gasteiger partial charge in [0.05, 0.1) is 0 Å². The number of anilines is 1. The van der Waals surface area contributed by atoms with Crippen LogP contribution in [-0.2, 0) is 11.3 Å². The fourth-order valence-corrected chi connectivity index (χ4v) is 3.61. The largest absolute Gasteiger partial charge is 0.398 e. The molecule has 1 amide bonds. The van der Waals surface area contributed by atoms with E-state index in [0.29, 0.717) is 18.5 Å². The molecule has 0 saturated heterocycles. The maximum atomic E-state index is 13.0. The summed E-state index contributed by atoms with van der Waals surface area (Å²) < 4.78 is 0. The van der Waals surface area contributed by atoms with Crippen molar-refractivity contribution < 1.29 is 4.79 Å². The molecule has 0 unspecified atom stereocenters. The van der Waals surface area contributed by atoms with Crippen molar-refractivity contribution in [3.05, 3.63) is 29.8 Å². The maximum Gasteiger partial charge on any atom is 0.227 e. The summed E-state index contributed by atoms with van der Waals surface area (Å²) in [6.45, 7) is 9.48. The molecule has 2 N–H and O–H groups in total. The van der Waals surface area contributed by atoms with E-state index < -0.39 is 0 Å². The van der Waals surface area contributed by atoms with Crippen molar-refractivity contribution in [3.8, 4) is 0 Å². The summed E-state index contributed by atoms with van der Waals surface area (Å²) in [6, 6.07) is 8.29. The highest BCUT2D eigenvalue weighted by Gasteiger charge is 2.69. The summed E-state index contributed by atoms with van der Waals surface area (Å²) in [5.41, 5.74) is 8.09. The highest BCUT2D eigenvalue weighted by Crippen LogP contribution is 2.69. The number of amides is 1. The van der Waals surface area contributed by atoms with E-state index in [9.17, 15) is 4.79 Å². The molecule has 2 aliphatic rings. The Morgan fingerprint density at radius 3 is 2.24 bits per heavy atom. The molecule has 3 rings (SSSR count). The highest BCUT2D eigenvalue weighted by atomic mass is 16.2. The number of benzene rings is 1. The quantitative estimate of drug-likeness (QED) is 0.862. The second-order valence-corrected chi connectivity index (χ2v) is 7.77. The van der Waals surface area contributed by atoms with Gasteiger partial charge in [0.25, 0.3) is 0 Å². The first-order valence-corrected chi connectivity index (χ1v) is 7.90. The second kappa shape index (κ2) is 4.49. The average molecular weight is 286 g/mol. The van der Waals surface area contributed by atoms with Crippen LogP contribution in [0.25, 0.3) is 0 Å². The lowest BCUT2D eigenvalue weighted by Gasteiger charge is -2.24. The van der Waals surface area contributed by atoms with Crippen LogP contribution >= 0.6 is 0 Å². The predicted molar refractivity (Wildman–Crippen MR) is 85.5 cm³/mol. The fourth-order valence-electron chi connectivity index (χ4n) is 3.61. The number of carbonyl (C=O) groups excluding carboxylic acids is 1. The number of para-hydroxylation sites is 1. The smallest absolute Gasteiger partial charge is 0.227 e. The Bertz CT molecular complexity index is 558. The van der Waals surface area contributed by atoms with E-state index in [0.717, 1.165) is 24.1 Å². The molecular formula is C18H26N2O. The minimum atomic E-state index is 0.0967. The minimum absolute atomic E-state index is 0.0967. The van der Waals surface area contributed by atoms with Crippen LogP contribution in [0.3, 0.4) is 0 Å². The standard InChI is InChI=1S/C18H26N2O/c1-17(2)15(18(17,3)4)16(21)20(13-9-10-13)11-12-7-5-6-8-14(12)19/h5-8,13,15H,9-11,19H2,1-4H3. The van der Waals surface area contributed by atoms with Crippen LogP contribution < -0.4 is 5.73 Å². The van der Waals surface area contributed by atoms with Gasteiger partial charge in [-0.15, -0.1) is 0 Å². The first-order chi connectivity index (χ1) is 9.76. The van der Waals surface area contributed by atoms with E-state index in [4.69, 9.17) is 5.73 Å². The number of nitrogens with two attached hydrogens (primary N) is 1. The fraction of sp³-hybridized carbons (Fsp3) is 0.611. The zero-order valence-electron chi connectivity index (χ0n) is 13.5. The lowest BCUT2D eigenvalue weighted by molar-refractivity contribution is -0.135. The third-order valence-electron chi connectivity index (χ3n) is 5.93. The second-order valence-electron chi connectivity index (χ2n) is 7.77. The van der Waals surface area contributed by atoms with Crippen molar-refractivity contribution in [1.82, 2.24) is 4.90 Å². The SMILES string of the molecule is CC1(C)C(C(=O)N(Cc2ccccc2N)C2CC2)C1(C)C. The Morgan fingerprint density at radius 1 is 1.19 bits per heavy atom. The first-order valence-electron chi connectivity index (χ1n) is 7.90. The number of rotatable bonds is 4. The van der Waals surface area contributed by atoms with Gasteiger partial charge in [0.15, 0.2) is 0 Å². The summed E-state index contributed by atoms with van der Waals surface area (Å²) >= 11 is 0. The van der Waals surface area contributed by atoms with E-state index in [2.05, 4.69) is 32.6 Å². The highest BCUT2D eigenvalue weighted by molar-refractivity contribution is 5.85. The Labute approximate surface area is 127 Å². The normalized spacial score (nSPS) is 22.9. The molecule has 3 nitrogen and oxygen atoms in total. The molecule has 2 fully saturated rings. The van der Waals surface area contributed by atoms with Crippen molar-refractivity contribution in [2.75, 3.05) is 5.73 Å². The van der Waals surface area contributed by atoms with Gasteiger partial charge in [-0.2, -0.15) is 0 Å². The Hall–Kier alpha value is -1.51. The number of hydrogen-bond acceptors (Lipinski definition) is 2. The molecule has 0 aliphatic heterocycles. The first kappa shape index (κ1) is 14.4. The van der Waals surface area contributed by atoms with Crippen LogP contribution in [0.2, 0.25) is 0 Å². The van der Waals surface area contributed by atoms with Crippen LogP contribution in [0.5, 0.6) is 0 Å². The monoisotopic (exact) mass is 286 g/mol. The van der Waals surface area contributed by atoms with Gasteiger partial charge in [0.1, 0.15) is 0 Å². The van der Waals surface area contributed by atoms with Gasteiger partial charge in [-0.25, -0.2) is 0 Å². The molecule has 0 aromatic heterocycles. The lowest BCUT2D eigenvalue weighted by Crippen LogP contribution is -2.35. The third-order valence-corrected chi connectivity index (χ3v) is 5.93. The van der Waals surface area contributed by atoms with Crippen LogP contribution in [0, 0.1) is 16.7 Å². The predicted octanol–water partition coefficient (Wildman–Crippen LogP) is 3.44. The summed E-state index contributed by atoms with van der Waals surface area (Å²) in [5, 5.41) is 0. The number of nitrogens with zero attached hydrogens (tertiary/aromatic N) is 1. The van der Waals surface area contributed by atoms with Gasteiger partial charge in [-0.1, -0.05) is 45.9 Å². The van der Waals surface area contributed by atoms with E-state index in [1.807, 2.05) is 24.3 Å². The van der Waals surface area contributed by atoms with Crippen molar-refractivity contribution in [1.29, 1.82) is 0 Å². The summed E-state index contributed by atoms with van der Waals surface area (Å²) in [5.74, 6) is 0.450. The molecule has 114 valence electrons. The minimum Gasteiger partial charge on any atom is -0.398 e. The van der Waals surface area contributed by atoms with Gasteiger partial charge >= 0.3 is 0 Å². The summed E-state index contributed by atoms with van der Waals surface area (Å²) in [6.07, 6.45) is 2.26. The zero-order chi connectivity index (χ0) is 15.4. The number of carbonyl (C=O) groups is 1. The van der Waals surface area contributed by atoms with Crippen molar-refractivity contribution in [3.63, 3.8) is 0 Å². The third kappa shape index (κ3) is 2.23. The molecule has 2 saturated carbocycles. The Balaban J connectivity index is 1.81. The maximum absolute atomic E-state index is 13.0. The van der Waals surface area contributed by atoms with Crippen LogP contribution in [0.1, 0.15) is 46.1 Å². The molecule has 3 heteroatoms. The van der Waals surface area contributed by atoms with Crippen molar-refractivity contribution in [2.24, 2.45) is 16.7 Å². The lowest BCUT2D eigenvalue weighted by atomic mass is 10.0. The topological polar surface area (TPSA) is 46.3 Å². The van der Waals surface area contributed by atoms with Crippen LogP contribution in [0.4, 0.5) is 5.69 Å². The number of nitrogen functional groups attached to an aromatic ring is 1. The molecule has 2 aliphatic carbocycles. The molecule has 0 heterocycles. The van der Waals surface area contributed by atoms with E-state index in [-0.39, 0.29) is 16.7 Å². The molecule has 0 bridgehead atoms. The summed E-state index contributed by atoms with van der Waals surface area (Å²) in [7, 11) is 0. The van der Waals surface area contributed by atoms with E-state index >= 15 is 0 Å². The van der Waals surface area contributed by atoms with Crippen LogP contribution in [0.15, 0.2) is 24.3 Å². The molecule has 0 atom stereocenters. The van der Waals surface area contributed by atoms with Gasteiger partial charge in [-0.3, -0.25) is 4.79 Å². The average Bonchev–Trinajstić information content (AvgIpc) is 3.27.